The summed E-state index contributed by atoms with van der Waals surface area (Å²) in [4.78, 5) is 8.56. The third-order valence-electron chi connectivity index (χ3n) is 5.06. The van der Waals surface area contributed by atoms with Crippen LogP contribution >= 0.6 is 0 Å². The fourth-order valence-electron chi connectivity index (χ4n) is 3.62. The van der Waals surface area contributed by atoms with Crippen molar-refractivity contribution in [2.75, 3.05) is 13.7 Å². The lowest BCUT2D eigenvalue weighted by Gasteiger charge is -2.32. The maximum Gasteiger partial charge on any atom is 0.245 e. The van der Waals surface area contributed by atoms with Gasteiger partial charge in [-0.15, -0.1) is 0 Å². The van der Waals surface area contributed by atoms with E-state index >= 15 is 0 Å². The van der Waals surface area contributed by atoms with Crippen molar-refractivity contribution in [1.29, 1.82) is 0 Å². The average Bonchev–Trinajstić information content (AvgIpc) is 3.23. The van der Waals surface area contributed by atoms with E-state index in [-0.39, 0.29) is 4.90 Å². The average molecular weight is 413 g/mol. The van der Waals surface area contributed by atoms with Gasteiger partial charge in [-0.3, -0.25) is 4.98 Å². The number of pyridine rings is 1. The first-order chi connectivity index (χ1) is 14.1. The summed E-state index contributed by atoms with van der Waals surface area (Å²) in [5, 5.41) is 0. The van der Waals surface area contributed by atoms with Gasteiger partial charge in [0.15, 0.2) is 0 Å². The minimum Gasteiger partial charge on any atom is -0.497 e. The molecule has 1 fully saturated rings. The fourth-order valence-corrected chi connectivity index (χ4v) is 5.23. The number of hydrogen-bond donors (Lipinski definition) is 0. The molecule has 1 aromatic carbocycles. The molecule has 1 aliphatic rings. The Morgan fingerprint density at radius 1 is 1.21 bits per heavy atom. The molecule has 0 bridgehead atoms. The van der Waals surface area contributed by atoms with E-state index in [0.717, 1.165) is 24.2 Å². The van der Waals surface area contributed by atoms with Crippen LogP contribution in [0.4, 0.5) is 0 Å². The summed E-state index contributed by atoms with van der Waals surface area (Å²) in [6, 6.07) is 10.5. The summed E-state index contributed by atoms with van der Waals surface area (Å²) in [5.41, 5.74) is 1.04. The molecule has 0 N–H and O–H groups in total. The summed E-state index contributed by atoms with van der Waals surface area (Å²) < 4.78 is 39.0. The van der Waals surface area contributed by atoms with Crippen LogP contribution in [0.2, 0.25) is 0 Å². The zero-order chi connectivity index (χ0) is 20.3. The van der Waals surface area contributed by atoms with Gasteiger partial charge in [-0.05, 0) is 42.7 Å². The van der Waals surface area contributed by atoms with E-state index in [0.29, 0.717) is 31.0 Å². The third kappa shape index (κ3) is 4.18. The smallest absolute Gasteiger partial charge is 0.245 e. The summed E-state index contributed by atoms with van der Waals surface area (Å²) in [6.45, 7) is 0.440. The summed E-state index contributed by atoms with van der Waals surface area (Å²) in [7, 11) is -2.03. The Kier molecular flexibility index (Phi) is 5.64. The molecule has 152 valence electrons. The second-order valence-electron chi connectivity index (χ2n) is 7.01. The van der Waals surface area contributed by atoms with Gasteiger partial charge in [-0.25, -0.2) is 13.4 Å². The normalized spacial score (nSPS) is 17.9. The molecule has 2 aromatic heterocycles. The number of rotatable bonds is 6. The quantitative estimate of drug-likeness (QED) is 0.614. The van der Waals surface area contributed by atoms with Gasteiger partial charge in [-0.1, -0.05) is 18.6 Å². The zero-order valence-corrected chi connectivity index (χ0v) is 17.0. The molecule has 0 radical (unpaired) electrons. The molecule has 0 unspecified atom stereocenters. The van der Waals surface area contributed by atoms with Crippen molar-refractivity contribution in [3.8, 4) is 5.75 Å². The van der Waals surface area contributed by atoms with Gasteiger partial charge in [-0.2, -0.15) is 4.31 Å². The molecule has 3 aromatic rings. The van der Waals surface area contributed by atoms with Gasteiger partial charge >= 0.3 is 0 Å². The van der Waals surface area contributed by atoms with Crippen LogP contribution in [0.3, 0.4) is 0 Å². The van der Waals surface area contributed by atoms with E-state index in [2.05, 4.69) is 9.97 Å². The molecule has 1 saturated heterocycles. The van der Waals surface area contributed by atoms with E-state index in [1.807, 2.05) is 24.3 Å². The van der Waals surface area contributed by atoms with Crippen molar-refractivity contribution in [2.45, 2.75) is 36.6 Å². The third-order valence-corrected chi connectivity index (χ3v) is 6.96. The van der Waals surface area contributed by atoms with E-state index in [9.17, 15) is 8.42 Å². The second-order valence-corrected chi connectivity index (χ2v) is 8.90. The summed E-state index contributed by atoms with van der Waals surface area (Å²) >= 11 is 0. The van der Waals surface area contributed by atoms with Crippen LogP contribution in [-0.2, 0) is 16.4 Å². The Balaban J connectivity index is 1.58. The number of methoxy groups -OCH3 is 1. The first-order valence-corrected chi connectivity index (χ1v) is 11.0. The van der Waals surface area contributed by atoms with Gasteiger partial charge in [0.2, 0.25) is 15.9 Å². The van der Waals surface area contributed by atoms with Crippen LogP contribution in [0.5, 0.6) is 5.75 Å². The van der Waals surface area contributed by atoms with Crippen LogP contribution in [0.15, 0.2) is 64.3 Å². The fraction of sp³-hybridized carbons (Fsp3) is 0.333. The first-order valence-electron chi connectivity index (χ1n) is 9.57. The Labute approximate surface area is 170 Å². The highest BCUT2D eigenvalue weighted by atomic mass is 32.2. The van der Waals surface area contributed by atoms with Gasteiger partial charge < -0.3 is 9.15 Å². The van der Waals surface area contributed by atoms with Crippen molar-refractivity contribution >= 4 is 10.0 Å². The van der Waals surface area contributed by atoms with Crippen LogP contribution < -0.4 is 4.74 Å². The Morgan fingerprint density at radius 3 is 2.90 bits per heavy atom. The van der Waals surface area contributed by atoms with Gasteiger partial charge in [0.05, 0.1) is 13.3 Å². The van der Waals surface area contributed by atoms with Crippen molar-refractivity contribution in [2.24, 2.45) is 0 Å². The van der Waals surface area contributed by atoms with E-state index in [1.165, 1.54) is 10.5 Å². The van der Waals surface area contributed by atoms with Gasteiger partial charge in [0.1, 0.15) is 22.4 Å². The number of oxazole rings is 1. The highest BCUT2D eigenvalue weighted by Crippen LogP contribution is 2.35. The Morgan fingerprint density at radius 2 is 2.10 bits per heavy atom. The highest BCUT2D eigenvalue weighted by molar-refractivity contribution is 7.89. The molecule has 1 atom stereocenters. The predicted molar refractivity (Wildman–Crippen MR) is 107 cm³/mol. The number of ether oxygens (including phenoxy) is 1. The van der Waals surface area contributed by atoms with Crippen LogP contribution in [-0.4, -0.2) is 36.3 Å². The van der Waals surface area contributed by atoms with Crippen molar-refractivity contribution < 1.29 is 17.6 Å². The van der Waals surface area contributed by atoms with Crippen LogP contribution in [0, 0.1) is 0 Å². The molecular formula is C21H23N3O4S. The second kappa shape index (κ2) is 8.34. The lowest BCUT2D eigenvalue weighted by Crippen LogP contribution is -2.38. The molecule has 4 rings (SSSR count). The molecule has 0 saturated carbocycles. The topological polar surface area (TPSA) is 85.5 Å². The maximum atomic E-state index is 13.1. The van der Waals surface area contributed by atoms with E-state index in [1.54, 1.807) is 31.6 Å². The van der Waals surface area contributed by atoms with Gasteiger partial charge in [0, 0.05) is 25.4 Å². The number of sulfonamides is 1. The number of piperidine rings is 1. The summed E-state index contributed by atoms with van der Waals surface area (Å²) in [6.07, 6.45) is 7.60. The molecule has 0 aliphatic carbocycles. The van der Waals surface area contributed by atoms with Gasteiger partial charge in [0.25, 0.3) is 0 Å². The largest absolute Gasteiger partial charge is 0.497 e. The zero-order valence-electron chi connectivity index (χ0n) is 16.2. The molecule has 0 spiro atoms. The predicted octanol–water partition coefficient (Wildman–Crippen LogP) is 3.58. The Bertz CT molecular complexity index is 1070. The standard InChI is InChI=1S/C21H23N3O4S/c1-27-17-7-4-6-16(12-17)13-18-14-23-21(28-18)20-9-2-3-11-24(20)29(25,26)19-8-5-10-22-15-19/h4-8,10,12,14-15,20H,2-3,9,11,13H2,1H3/t20-/m0/s1. The number of benzene rings is 1. The minimum atomic E-state index is -3.66. The number of hydrogen-bond acceptors (Lipinski definition) is 6. The minimum absolute atomic E-state index is 0.190. The molecule has 0 amide bonds. The maximum absolute atomic E-state index is 13.1. The van der Waals surface area contributed by atoms with Crippen molar-refractivity contribution in [3.05, 3.63) is 72.2 Å². The van der Waals surface area contributed by atoms with Crippen molar-refractivity contribution in [1.82, 2.24) is 14.3 Å². The summed E-state index contributed by atoms with van der Waals surface area (Å²) in [5.74, 6) is 1.91. The highest BCUT2D eigenvalue weighted by Gasteiger charge is 2.37. The number of nitrogens with zero attached hydrogens (tertiary/aromatic N) is 3. The molecule has 1 aliphatic heterocycles. The van der Waals surface area contributed by atoms with Crippen molar-refractivity contribution in [3.63, 3.8) is 0 Å². The molecular weight excluding hydrogens is 390 g/mol. The van der Waals surface area contributed by atoms with Crippen LogP contribution in [0.25, 0.3) is 0 Å². The lowest BCUT2D eigenvalue weighted by atomic mass is 10.1. The SMILES string of the molecule is COc1cccc(Cc2cnc([C@@H]3CCCCN3S(=O)(=O)c3cccnc3)o2)c1. The molecule has 29 heavy (non-hydrogen) atoms. The Hall–Kier alpha value is -2.71. The lowest BCUT2D eigenvalue weighted by molar-refractivity contribution is 0.216. The first kappa shape index (κ1) is 19.6. The molecule has 7 nitrogen and oxygen atoms in total. The van der Waals surface area contributed by atoms with E-state index in [4.69, 9.17) is 9.15 Å². The number of aromatic nitrogens is 2. The molecule has 8 heteroatoms. The van der Waals surface area contributed by atoms with Crippen LogP contribution in [0.1, 0.15) is 42.5 Å². The molecule has 3 heterocycles. The van der Waals surface area contributed by atoms with E-state index < -0.39 is 16.1 Å². The monoisotopic (exact) mass is 413 g/mol.